The summed E-state index contributed by atoms with van der Waals surface area (Å²) in [5.74, 6) is 0. The number of hydrogen-bond acceptors (Lipinski definition) is 5. The van der Waals surface area contributed by atoms with Crippen LogP contribution >= 0.6 is 11.3 Å². The van der Waals surface area contributed by atoms with Crippen molar-refractivity contribution in [1.29, 1.82) is 0 Å². The molecular weight excluding hydrogens is 1050 g/mol. The molecule has 7 heteroatoms. The van der Waals surface area contributed by atoms with E-state index in [-0.39, 0.29) is 13.4 Å². The highest BCUT2D eigenvalue weighted by atomic mass is 32.1. The monoisotopic (exact) mass is 1090 g/mol. The Kier molecular flexibility index (Phi) is 9.92. The van der Waals surface area contributed by atoms with Gasteiger partial charge in [-0.2, -0.15) is 0 Å². The van der Waals surface area contributed by atoms with Gasteiger partial charge in [0, 0.05) is 45.5 Å². The summed E-state index contributed by atoms with van der Waals surface area (Å²) in [7, 11) is 0. The first-order valence-electron chi connectivity index (χ1n) is 29.5. The van der Waals surface area contributed by atoms with E-state index in [9.17, 15) is 0 Å². The summed E-state index contributed by atoms with van der Waals surface area (Å²) in [5.41, 5.74) is 29.2. The number of thiophene rings is 1. The van der Waals surface area contributed by atoms with Gasteiger partial charge in [0.25, 0.3) is 13.4 Å². The lowest BCUT2D eigenvalue weighted by molar-refractivity contribution is 1.18. The average molecular weight is 1090 g/mol. The van der Waals surface area contributed by atoms with E-state index in [1.165, 1.54) is 154 Å². The number of rotatable bonds is 6. The Morgan fingerprint density at radius 2 is 0.529 bits per heavy atom. The molecule has 0 radical (unpaired) electrons. The molecule has 392 valence electrons. The molecule has 5 aliphatic rings. The molecule has 0 saturated carbocycles. The van der Waals surface area contributed by atoms with Crippen LogP contribution in [0.25, 0.3) is 64.7 Å². The van der Waals surface area contributed by atoms with Crippen molar-refractivity contribution in [2.24, 2.45) is 0 Å². The maximum atomic E-state index is 2.76. The molecule has 14 aromatic rings. The summed E-state index contributed by atoms with van der Waals surface area (Å²) >= 11 is 1.92. The topological polar surface area (TPSA) is 13.0 Å². The zero-order valence-corrected chi connectivity index (χ0v) is 46.9. The minimum atomic E-state index is -0.120. The number of fused-ring (bicyclic) bond motifs is 13. The normalized spacial score (nSPS) is 13.5. The fourth-order valence-corrected chi connectivity index (χ4v) is 16.4. The van der Waals surface area contributed by atoms with Gasteiger partial charge < -0.3 is 19.6 Å². The molecule has 0 aliphatic carbocycles. The fraction of sp³-hybridized carbons (Fsp3) is 0. The minimum Gasteiger partial charge on any atom is -0.311 e. The Hall–Kier alpha value is -10.6. The molecule has 5 aliphatic heterocycles. The minimum absolute atomic E-state index is 0.120. The first kappa shape index (κ1) is 47.0. The van der Waals surface area contributed by atoms with Crippen LogP contribution in [0, 0.1) is 0 Å². The van der Waals surface area contributed by atoms with Crippen LogP contribution in [0.4, 0.5) is 68.2 Å². The predicted molar refractivity (Wildman–Crippen MR) is 363 cm³/mol. The number of anilines is 12. The summed E-state index contributed by atoms with van der Waals surface area (Å²) in [5, 5.41) is 4.91. The van der Waals surface area contributed by atoms with Crippen molar-refractivity contribution in [2.45, 2.75) is 0 Å². The van der Waals surface area contributed by atoms with Crippen LogP contribution in [0.1, 0.15) is 0 Å². The Labute approximate surface area is 498 Å². The first-order valence-corrected chi connectivity index (χ1v) is 30.3. The summed E-state index contributed by atoms with van der Waals surface area (Å²) in [6, 6.07) is 110. The third kappa shape index (κ3) is 6.70. The molecule has 0 amide bonds. The van der Waals surface area contributed by atoms with Gasteiger partial charge in [-0.25, -0.2) is 0 Å². The number of nitrogens with zero attached hydrogens (tertiary/aromatic N) is 4. The van der Waals surface area contributed by atoms with Crippen LogP contribution in [0.5, 0.6) is 0 Å². The molecule has 0 bridgehead atoms. The summed E-state index contributed by atoms with van der Waals surface area (Å²) in [4.78, 5) is 13.1. The molecule has 0 saturated heterocycles. The van der Waals surface area contributed by atoms with Crippen molar-refractivity contribution in [2.75, 3.05) is 19.6 Å². The van der Waals surface area contributed by atoms with E-state index in [0.717, 1.165) is 11.4 Å². The average Bonchev–Trinajstić information content (AvgIpc) is 1.64. The van der Waals surface area contributed by atoms with E-state index in [2.05, 4.69) is 311 Å². The van der Waals surface area contributed by atoms with E-state index in [1.54, 1.807) is 0 Å². The van der Waals surface area contributed by atoms with Gasteiger partial charge in [0.05, 0.1) is 32.5 Å². The van der Waals surface area contributed by atoms with Crippen molar-refractivity contribution in [1.82, 2.24) is 0 Å². The van der Waals surface area contributed by atoms with Gasteiger partial charge in [0.15, 0.2) is 0 Å². The van der Waals surface area contributed by atoms with E-state index in [4.69, 9.17) is 0 Å². The SMILES string of the molecule is c1ccc(-c2cc3c4c(c2)N2c5c(ccc6c5N(c5cc(-c7ccccc7)cc7c5B6c5cc6ccccc6cc5N7c5ccccc5)c5c(-c6ccccc6)sc(-c6ccccc6)c52)B4c2cc4ccccc4cc2N3c2ccccc2)cc1. The van der Waals surface area contributed by atoms with Crippen molar-refractivity contribution in [3.8, 4) is 43.1 Å². The van der Waals surface area contributed by atoms with Crippen molar-refractivity contribution < 1.29 is 0 Å². The Balaban J connectivity index is 1.01. The third-order valence-electron chi connectivity index (χ3n) is 18.6. The summed E-state index contributed by atoms with van der Waals surface area (Å²) in [6.07, 6.45) is 0. The van der Waals surface area contributed by atoms with Gasteiger partial charge in [-0.3, -0.25) is 0 Å². The molecular formula is C78H48B2N4S. The Morgan fingerprint density at radius 1 is 0.224 bits per heavy atom. The van der Waals surface area contributed by atoms with E-state index in [0.29, 0.717) is 0 Å². The quantitative estimate of drug-likeness (QED) is 0.154. The van der Waals surface area contributed by atoms with Crippen molar-refractivity contribution in [3.63, 3.8) is 0 Å². The first-order chi connectivity index (χ1) is 42.2. The van der Waals surface area contributed by atoms with Gasteiger partial charge in [0.1, 0.15) is 0 Å². The van der Waals surface area contributed by atoms with E-state index >= 15 is 0 Å². The molecule has 0 atom stereocenters. The molecule has 1 aromatic heterocycles. The van der Waals surface area contributed by atoms with Crippen LogP contribution in [-0.2, 0) is 0 Å². The summed E-state index contributed by atoms with van der Waals surface area (Å²) in [6.45, 7) is -0.240. The molecule has 0 N–H and O–H groups in total. The van der Waals surface area contributed by atoms with Crippen LogP contribution in [-0.4, -0.2) is 13.4 Å². The molecule has 13 aromatic carbocycles. The van der Waals surface area contributed by atoms with Gasteiger partial charge in [-0.15, -0.1) is 11.3 Å². The highest BCUT2D eigenvalue weighted by Gasteiger charge is 2.54. The second-order valence-electron chi connectivity index (χ2n) is 23.1. The van der Waals surface area contributed by atoms with Crippen LogP contribution in [0.3, 0.4) is 0 Å². The maximum Gasteiger partial charge on any atom is 0.252 e. The highest BCUT2D eigenvalue weighted by molar-refractivity contribution is 7.20. The van der Waals surface area contributed by atoms with Crippen LogP contribution < -0.4 is 52.4 Å². The smallest absolute Gasteiger partial charge is 0.252 e. The molecule has 85 heavy (non-hydrogen) atoms. The van der Waals surface area contributed by atoms with E-state index < -0.39 is 0 Å². The number of para-hydroxylation sites is 2. The predicted octanol–water partition coefficient (Wildman–Crippen LogP) is 17.2. The standard InChI is InChI=1S/C78H48B2N4S/c1-7-23-49(24-8-1)57-45-67-71-69(47-57)83-73-61(79(71)63-41-53-31-19-21-33-55(53)43-65(63)81(67)59-35-15-5-16-36-59)39-40-62-74(73)84(76-75(83)77(51-27-11-3-12-28-51)85-78(76)52-29-13-4-14-30-52)70-48-58(50-25-9-2-10-26-50)46-68-72(70)80(62)64-42-54-32-20-22-34-56(54)44-66(64)82(68)60-37-17-6-18-38-60/h1-48H. The zero-order chi connectivity index (χ0) is 55.4. The number of hydrogen-bond donors (Lipinski definition) is 0. The molecule has 0 fully saturated rings. The lowest BCUT2D eigenvalue weighted by Crippen LogP contribution is -2.65. The fourth-order valence-electron chi connectivity index (χ4n) is 15.1. The van der Waals surface area contributed by atoms with Gasteiger partial charge in [-0.05, 0) is 148 Å². The number of benzene rings is 13. The van der Waals surface area contributed by atoms with Gasteiger partial charge in [-0.1, -0.05) is 231 Å². The third-order valence-corrected chi connectivity index (χ3v) is 19.9. The lowest BCUT2D eigenvalue weighted by Gasteiger charge is -2.52. The van der Waals surface area contributed by atoms with E-state index in [1.807, 2.05) is 11.3 Å². The summed E-state index contributed by atoms with van der Waals surface area (Å²) < 4.78 is 0. The Morgan fingerprint density at radius 3 is 0.894 bits per heavy atom. The molecule has 6 heterocycles. The zero-order valence-electron chi connectivity index (χ0n) is 46.1. The molecule has 0 spiro atoms. The van der Waals surface area contributed by atoms with Gasteiger partial charge >= 0.3 is 0 Å². The second kappa shape index (κ2) is 18.0. The lowest BCUT2D eigenvalue weighted by atomic mass is 9.30. The second-order valence-corrected chi connectivity index (χ2v) is 24.1. The van der Waals surface area contributed by atoms with Crippen molar-refractivity contribution in [3.05, 3.63) is 291 Å². The van der Waals surface area contributed by atoms with Crippen LogP contribution in [0.2, 0.25) is 0 Å². The molecule has 19 rings (SSSR count). The Bertz CT molecular complexity index is 4780. The van der Waals surface area contributed by atoms with Crippen molar-refractivity contribution >= 4 is 147 Å². The largest absolute Gasteiger partial charge is 0.311 e. The highest BCUT2D eigenvalue weighted by Crippen LogP contribution is 2.65. The van der Waals surface area contributed by atoms with Crippen LogP contribution in [0.15, 0.2) is 291 Å². The molecule has 4 nitrogen and oxygen atoms in total. The maximum absolute atomic E-state index is 2.76. The molecule has 0 unspecified atom stereocenters. The van der Waals surface area contributed by atoms with Gasteiger partial charge in [0.2, 0.25) is 0 Å².